The van der Waals surface area contributed by atoms with Crippen LogP contribution in [0.25, 0.3) is 5.69 Å². The van der Waals surface area contributed by atoms with Gasteiger partial charge in [0.2, 0.25) is 0 Å². The fourth-order valence-electron chi connectivity index (χ4n) is 2.32. The number of benzene rings is 1. The first kappa shape index (κ1) is 18.9. The second kappa shape index (κ2) is 7.64. The van der Waals surface area contributed by atoms with Crippen LogP contribution < -0.4 is 5.32 Å². The van der Waals surface area contributed by atoms with Crippen molar-refractivity contribution >= 4 is 5.91 Å². The number of rotatable bonds is 6. The Hall–Kier alpha value is -2.42. The smallest absolute Gasteiger partial charge is 0.370 e. The quantitative estimate of drug-likeness (QED) is 0.637. The number of alkyl halides is 3. The van der Waals surface area contributed by atoms with Gasteiger partial charge < -0.3 is 10.1 Å². The number of carbonyl (C=O) groups excluding carboxylic acids is 1. The van der Waals surface area contributed by atoms with Gasteiger partial charge in [-0.3, -0.25) is 4.79 Å². The monoisotopic (exact) mass is 359 g/mol. The van der Waals surface area contributed by atoms with E-state index in [2.05, 4.69) is 15.2 Å². The largest absolute Gasteiger partial charge is 0.411 e. The number of nitrogens with zero attached hydrogens (tertiary/aromatic N) is 2. The van der Waals surface area contributed by atoms with Crippen molar-refractivity contribution in [3.05, 3.63) is 47.0 Å². The molecule has 136 valence electrons. The third kappa shape index (κ3) is 5.02. The van der Waals surface area contributed by atoms with Crippen LogP contribution >= 0.6 is 0 Å². The number of hydrogen-bond donors (Lipinski definition) is 1. The maximum atomic E-state index is 13.0. The number of aromatic nitrogens is 2. The summed E-state index contributed by atoms with van der Waals surface area (Å²) < 4.78 is 54.8. The minimum absolute atomic E-state index is 0.0600. The zero-order chi connectivity index (χ0) is 18.6. The predicted molar refractivity (Wildman–Crippen MR) is 82.2 cm³/mol. The molecule has 0 aliphatic carbocycles. The summed E-state index contributed by atoms with van der Waals surface area (Å²) in [5, 5.41) is 6.76. The van der Waals surface area contributed by atoms with Crippen molar-refractivity contribution in [2.75, 3.05) is 19.8 Å². The Morgan fingerprint density at radius 1 is 1.24 bits per heavy atom. The van der Waals surface area contributed by atoms with Crippen LogP contribution in [0.3, 0.4) is 0 Å². The Morgan fingerprint density at radius 2 is 1.88 bits per heavy atom. The average Bonchev–Trinajstić information content (AvgIpc) is 2.81. The summed E-state index contributed by atoms with van der Waals surface area (Å²) in [5.74, 6) is -0.846. The van der Waals surface area contributed by atoms with E-state index in [1.54, 1.807) is 13.8 Å². The molecule has 0 bridgehead atoms. The molecule has 1 amide bonds. The Kier molecular flexibility index (Phi) is 5.78. The Labute approximate surface area is 141 Å². The first-order valence-corrected chi connectivity index (χ1v) is 7.44. The van der Waals surface area contributed by atoms with Gasteiger partial charge in [0.1, 0.15) is 12.4 Å². The fourth-order valence-corrected chi connectivity index (χ4v) is 2.32. The molecule has 0 fully saturated rings. The van der Waals surface area contributed by atoms with Crippen LogP contribution in [-0.2, 0) is 4.74 Å². The van der Waals surface area contributed by atoms with E-state index in [4.69, 9.17) is 0 Å². The van der Waals surface area contributed by atoms with Crippen LogP contribution in [0.4, 0.5) is 17.6 Å². The number of ether oxygens (including phenoxy) is 1. The fraction of sp³-hybridized carbons (Fsp3) is 0.375. The van der Waals surface area contributed by atoms with E-state index < -0.39 is 18.7 Å². The van der Waals surface area contributed by atoms with Gasteiger partial charge in [0.25, 0.3) is 5.91 Å². The van der Waals surface area contributed by atoms with E-state index in [-0.39, 0.29) is 19.0 Å². The molecule has 9 heteroatoms. The average molecular weight is 359 g/mol. The van der Waals surface area contributed by atoms with E-state index >= 15 is 0 Å². The van der Waals surface area contributed by atoms with Crippen molar-refractivity contribution in [3.63, 3.8) is 0 Å². The molecule has 0 atom stereocenters. The van der Waals surface area contributed by atoms with Gasteiger partial charge in [0, 0.05) is 6.54 Å². The van der Waals surface area contributed by atoms with E-state index in [9.17, 15) is 22.4 Å². The molecule has 0 aliphatic heterocycles. The molecule has 1 aromatic heterocycles. The lowest BCUT2D eigenvalue weighted by Crippen LogP contribution is -2.29. The highest BCUT2D eigenvalue weighted by molar-refractivity contribution is 5.96. The topological polar surface area (TPSA) is 56.2 Å². The highest BCUT2D eigenvalue weighted by Crippen LogP contribution is 2.18. The van der Waals surface area contributed by atoms with Gasteiger partial charge in [-0.2, -0.15) is 18.3 Å². The third-order valence-electron chi connectivity index (χ3n) is 3.39. The molecule has 2 rings (SSSR count). The molecular weight excluding hydrogens is 342 g/mol. The lowest BCUT2D eigenvalue weighted by Gasteiger charge is -2.09. The molecule has 0 radical (unpaired) electrons. The van der Waals surface area contributed by atoms with Gasteiger partial charge in [0.05, 0.1) is 29.2 Å². The number of nitrogens with one attached hydrogen (secondary N) is 1. The minimum atomic E-state index is -4.40. The number of amides is 1. The van der Waals surface area contributed by atoms with Gasteiger partial charge in [0.15, 0.2) is 0 Å². The van der Waals surface area contributed by atoms with Crippen molar-refractivity contribution < 1.29 is 27.1 Å². The number of aryl methyl sites for hydroxylation is 1. The standard InChI is InChI=1S/C16H17F4N3O2/c1-10-14(15(24)21-7-8-25-9-16(18,19)20)11(2)23(22-10)13-5-3-12(17)4-6-13/h3-6H,7-9H2,1-2H3,(H,21,24). The molecule has 25 heavy (non-hydrogen) atoms. The molecule has 2 aromatic rings. The van der Waals surface area contributed by atoms with Crippen LogP contribution in [0.1, 0.15) is 21.7 Å². The lowest BCUT2D eigenvalue weighted by molar-refractivity contribution is -0.173. The van der Waals surface area contributed by atoms with E-state index in [1.807, 2.05) is 0 Å². The molecular formula is C16H17F4N3O2. The second-order valence-electron chi connectivity index (χ2n) is 5.36. The van der Waals surface area contributed by atoms with E-state index in [1.165, 1.54) is 28.9 Å². The van der Waals surface area contributed by atoms with Gasteiger partial charge in [-0.15, -0.1) is 0 Å². The maximum absolute atomic E-state index is 13.0. The summed E-state index contributed by atoms with van der Waals surface area (Å²) in [4.78, 5) is 12.2. The first-order valence-electron chi connectivity index (χ1n) is 7.44. The SMILES string of the molecule is Cc1nn(-c2ccc(F)cc2)c(C)c1C(=O)NCCOCC(F)(F)F. The van der Waals surface area contributed by atoms with Crippen molar-refractivity contribution in [2.24, 2.45) is 0 Å². The van der Waals surface area contributed by atoms with Gasteiger partial charge in [-0.1, -0.05) is 0 Å². The zero-order valence-electron chi connectivity index (χ0n) is 13.7. The molecule has 1 N–H and O–H groups in total. The summed E-state index contributed by atoms with van der Waals surface area (Å²) in [6.07, 6.45) is -4.40. The molecule has 1 heterocycles. The maximum Gasteiger partial charge on any atom is 0.411 e. The Bertz CT molecular complexity index is 739. The van der Waals surface area contributed by atoms with Crippen LogP contribution in [0.15, 0.2) is 24.3 Å². The van der Waals surface area contributed by atoms with Crippen LogP contribution in [0, 0.1) is 19.7 Å². The minimum Gasteiger partial charge on any atom is -0.370 e. The van der Waals surface area contributed by atoms with Crippen molar-refractivity contribution in [3.8, 4) is 5.69 Å². The van der Waals surface area contributed by atoms with Crippen LogP contribution in [0.2, 0.25) is 0 Å². The summed E-state index contributed by atoms with van der Waals surface area (Å²) in [7, 11) is 0. The van der Waals surface area contributed by atoms with E-state index in [0.29, 0.717) is 22.6 Å². The van der Waals surface area contributed by atoms with Crippen LogP contribution in [-0.4, -0.2) is 41.6 Å². The van der Waals surface area contributed by atoms with Crippen molar-refractivity contribution in [1.29, 1.82) is 0 Å². The molecule has 0 saturated carbocycles. The first-order chi connectivity index (χ1) is 11.7. The number of carbonyl (C=O) groups is 1. The lowest BCUT2D eigenvalue weighted by atomic mass is 10.2. The van der Waals surface area contributed by atoms with Crippen molar-refractivity contribution in [2.45, 2.75) is 20.0 Å². The summed E-state index contributed by atoms with van der Waals surface area (Å²) in [6.45, 7) is 1.65. The summed E-state index contributed by atoms with van der Waals surface area (Å²) in [5.41, 5.74) is 1.91. The predicted octanol–water partition coefficient (Wildman–Crippen LogP) is 2.94. The Balaban J connectivity index is 2.02. The van der Waals surface area contributed by atoms with Crippen molar-refractivity contribution in [1.82, 2.24) is 15.1 Å². The second-order valence-corrected chi connectivity index (χ2v) is 5.36. The van der Waals surface area contributed by atoms with Gasteiger partial charge in [-0.05, 0) is 38.1 Å². The highest BCUT2D eigenvalue weighted by Gasteiger charge is 2.27. The normalized spacial score (nSPS) is 11.6. The van der Waals surface area contributed by atoms with Crippen LogP contribution in [0.5, 0.6) is 0 Å². The van der Waals surface area contributed by atoms with E-state index in [0.717, 1.165) is 0 Å². The summed E-state index contributed by atoms with van der Waals surface area (Å²) >= 11 is 0. The highest BCUT2D eigenvalue weighted by atomic mass is 19.4. The number of halogens is 4. The third-order valence-corrected chi connectivity index (χ3v) is 3.39. The Morgan fingerprint density at radius 3 is 2.48 bits per heavy atom. The molecule has 0 unspecified atom stereocenters. The molecule has 1 aromatic carbocycles. The molecule has 0 aliphatic rings. The molecule has 0 spiro atoms. The molecule has 0 saturated heterocycles. The number of hydrogen-bond acceptors (Lipinski definition) is 3. The molecule has 5 nitrogen and oxygen atoms in total. The van der Waals surface area contributed by atoms with Gasteiger partial charge >= 0.3 is 6.18 Å². The van der Waals surface area contributed by atoms with Gasteiger partial charge in [-0.25, -0.2) is 9.07 Å². The summed E-state index contributed by atoms with van der Waals surface area (Å²) in [6, 6.07) is 5.62. The zero-order valence-corrected chi connectivity index (χ0v) is 13.7.